The zero-order valence-corrected chi connectivity index (χ0v) is 10.5. The average molecular weight is 225 g/mol. The first kappa shape index (κ1) is 10.9. The molecule has 1 N–H and O–H groups in total. The summed E-state index contributed by atoms with van der Waals surface area (Å²) in [7, 11) is 0. The Hall–Kier alpha value is -0.640. The van der Waals surface area contributed by atoms with Gasteiger partial charge in [0, 0.05) is 29.7 Å². The maximum atomic E-state index is 4.36. The fourth-order valence-corrected chi connectivity index (χ4v) is 1.68. The molecule has 1 aromatic heterocycles. The minimum absolute atomic E-state index is 0.264. The van der Waals surface area contributed by atoms with Crippen molar-refractivity contribution in [3.8, 4) is 0 Å². The second-order valence-corrected chi connectivity index (χ2v) is 6.22. The third-order valence-corrected chi connectivity index (χ3v) is 4.08. The Labute approximate surface area is 95.7 Å². The van der Waals surface area contributed by atoms with Crippen LogP contribution in [0, 0.1) is 0 Å². The number of nitrogens with one attached hydrogen (secondary N) is 1. The van der Waals surface area contributed by atoms with E-state index in [1.54, 1.807) is 0 Å². The number of hydrogen-bond acceptors (Lipinski definition) is 3. The molecule has 0 atom stereocenters. The predicted octanol–water partition coefficient (Wildman–Crippen LogP) is 2.77. The minimum Gasteiger partial charge on any atom is -0.354 e. The van der Waals surface area contributed by atoms with Crippen molar-refractivity contribution in [2.24, 2.45) is 0 Å². The molecular weight excluding hydrogens is 206 g/mol. The second kappa shape index (κ2) is 4.08. The first-order valence-corrected chi connectivity index (χ1v) is 6.67. The molecule has 0 aliphatic heterocycles. The van der Waals surface area contributed by atoms with Gasteiger partial charge in [0.2, 0.25) is 5.95 Å². The zero-order chi connectivity index (χ0) is 10.9. The van der Waals surface area contributed by atoms with Crippen molar-refractivity contribution in [1.82, 2.24) is 9.55 Å². The van der Waals surface area contributed by atoms with Gasteiger partial charge in [-0.25, -0.2) is 4.98 Å². The van der Waals surface area contributed by atoms with Gasteiger partial charge >= 0.3 is 0 Å². The van der Waals surface area contributed by atoms with E-state index in [1.165, 1.54) is 12.8 Å². The number of imidazole rings is 1. The lowest BCUT2D eigenvalue weighted by molar-refractivity contribution is 0.710. The Morgan fingerprint density at radius 3 is 2.93 bits per heavy atom. The van der Waals surface area contributed by atoms with Crippen molar-refractivity contribution in [3.63, 3.8) is 0 Å². The first-order valence-electron chi connectivity index (χ1n) is 5.44. The van der Waals surface area contributed by atoms with Crippen LogP contribution >= 0.6 is 11.8 Å². The normalized spacial score (nSPS) is 16.7. The lowest BCUT2D eigenvalue weighted by Gasteiger charge is -2.22. The molecular formula is C11H19N3S. The molecule has 3 nitrogen and oxygen atoms in total. The predicted molar refractivity (Wildman–Crippen MR) is 66.6 cm³/mol. The average Bonchev–Trinajstić information content (AvgIpc) is 2.95. The number of thioether (sulfide) groups is 1. The topological polar surface area (TPSA) is 29.9 Å². The Balaban J connectivity index is 1.95. The van der Waals surface area contributed by atoms with Gasteiger partial charge in [-0.3, -0.25) is 0 Å². The fourth-order valence-electron chi connectivity index (χ4n) is 1.46. The van der Waals surface area contributed by atoms with Gasteiger partial charge in [0.1, 0.15) is 0 Å². The van der Waals surface area contributed by atoms with Crippen molar-refractivity contribution in [3.05, 3.63) is 12.4 Å². The molecule has 1 fully saturated rings. The van der Waals surface area contributed by atoms with E-state index in [9.17, 15) is 0 Å². The smallest absolute Gasteiger partial charge is 0.203 e. The van der Waals surface area contributed by atoms with Crippen molar-refractivity contribution >= 4 is 17.7 Å². The summed E-state index contributed by atoms with van der Waals surface area (Å²) in [6, 6.07) is 0.701. The van der Waals surface area contributed by atoms with Gasteiger partial charge in [0.05, 0.1) is 0 Å². The number of hydrogen-bond donors (Lipinski definition) is 1. The summed E-state index contributed by atoms with van der Waals surface area (Å²) < 4.78 is 2.52. The molecule has 1 aromatic rings. The summed E-state index contributed by atoms with van der Waals surface area (Å²) in [4.78, 5) is 4.36. The maximum absolute atomic E-state index is 4.36. The highest BCUT2D eigenvalue weighted by Crippen LogP contribution is 2.36. The molecule has 1 heterocycles. The first-order chi connectivity index (χ1) is 7.12. The van der Waals surface area contributed by atoms with Crippen molar-refractivity contribution in [2.75, 3.05) is 18.1 Å². The van der Waals surface area contributed by atoms with Gasteiger partial charge in [-0.05, 0) is 32.9 Å². The van der Waals surface area contributed by atoms with Crippen LogP contribution in [0.3, 0.4) is 0 Å². The lowest BCUT2D eigenvalue weighted by atomic mass is 10.2. The summed E-state index contributed by atoms with van der Waals surface area (Å²) >= 11 is 1.88. The highest BCUT2D eigenvalue weighted by molar-refractivity contribution is 7.99. The monoisotopic (exact) mass is 225 g/mol. The fraction of sp³-hybridized carbons (Fsp3) is 0.727. The van der Waals surface area contributed by atoms with Crippen LogP contribution in [0.1, 0.15) is 32.7 Å². The highest BCUT2D eigenvalue weighted by Gasteiger charge is 2.26. The Morgan fingerprint density at radius 1 is 1.60 bits per heavy atom. The van der Waals surface area contributed by atoms with Gasteiger partial charge in [-0.15, -0.1) is 0 Å². The summed E-state index contributed by atoms with van der Waals surface area (Å²) in [6.07, 6.45) is 8.71. The third kappa shape index (κ3) is 2.68. The van der Waals surface area contributed by atoms with Gasteiger partial charge in [-0.1, -0.05) is 0 Å². The molecule has 1 saturated carbocycles. The molecule has 84 valence electrons. The lowest BCUT2D eigenvalue weighted by Crippen LogP contribution is -2.27. The standard InChI is InChI=1S/C11H19N3S/c1-11(2,15-3)8-13-10-12-6-7-14(10)9-4-5-9/h6-7,9H,4-5,8H2,1-3H3,(H,12,13). The zero-order valence-electron chi connectivity index (χ0n) is 9.66. The molecule has 0 saturated heterocycles. The Kier molecular flexibility index (Phi) is 2.96. The van der Waals surface area contributed by atoms with Gasteiger partial charge in [-0.2, -0.15) is 11.8 Å². The van der Waals surface area contributed by atoms with E-state index in [2.05, 4.69) is 41.2 Å². The van der Waals surface area contributed by atoms with Gasteiger partial charge < -0.3 is 9.88 Å². The van der Waals surface area contributed by atoms with Crippen molar-refractivity contribution in [2.45, 2.75) is 37.5 Å². The molecule has 0 bridgehead atoms. The SMILES string of the molecule is CSC(C)(C)CNc1nccn1C1CC1. The number of nitrogens with zero attached hydrogens (tertiary/aromatic N) is 2. The minimum atomic E-state index is 0.264. The second-order valence-electron chi connectivity index (χ2n) is 4.71. The summed E-state index contributed by atoms with van der Waals surface area (Å²) in [6.45, 7) is 5.45. The summed E-state index contributed by atoms with van der Waals surface area (Å²) in [5, 5.41) is 3.44. The molecule has 0 amide bonds. The molecule has 0 spiro atoms. The van der Waals surface area contributed by atoms with Crippen LogP contribution in [0.15, 0.2) is 12.4 Å². The molecule has 1 aliphatic carbocycles. The molecule has 4 heteroatoms. The molecule has 0 unspecified atom stereocenters. The highest BCUT2D eigenvalue weighted by atomic mass is 32.2. The molecule has 15 heavy (non-hydrogen) atoms. The quantitative estimate of drug-likeness (QED) is 0.835. The van der Waals surface area contributed by atoms with Crippen LogP contribution in [0.4, 0.5) is 5.95 Å². The number of aromatic nitrogens is 2. The Morgan fingerprint density at radius 2 is 2.33 bits per heavy atom. The molecule has 1 aliphatic rings. The summed E-state index contributed by atoms with van der Waals surface area (Å²) in [5.41, 5.74) is 0. The van der Waals surface area contributed by atoms with E-state index in [4.69, 9.17) is 0 Å². The largest absolute Gasteiger partial charge is 0.354 e. The third-order valence-electron chi connectivity index (χ3n) is 2.83. The van der Waals surface area contributed by atoms with Crippen molar-refractivity contribution in [1.29, 1.82) is 0 Å². The number of anilines is 1. The van der Waals surface area contributed by atoms with Gasteiger partial charge in [0.15, 0.2) is 0 Å². The maximum Gasteiger partial charge on any atom is 0.203 e. The van der Waals surface area contributed by atoms with E-state index in [1.807, 2.05) is 18.0 Å². The van der Waals surface area contributed by atoms with Crippen LogP contribution in [0.5, 0.6) is 0 Å². The van der Waals surface area contributed by atoms with E-state index >= 15 is 0 Å². The molecule has 0 aromatic carbocycles. The molecule has 2 rings (SSSR count). The van der Waals surface area contributed by atoms with Crippen LogP contribution in [0.25, 0.3) is 0 Å². The number of rotatable bonds is 5. The van der Waals surface area contributed by atoms with E-state index in [-0.39, 0.29) is 4.75 Å². The molecule has 0 radical (unpaired) electrons. The van der Waals surface area contributed by atoms with Crippen LogP contribution in [-0.4, -0.2) is 27.1 Å². The van der Waals surface area contributed by atoms with Crippen LogP contribution < -0.4 is 5.32 Å². The van der Waals surface area contributed by atoms with E-state index in [0.717, 1.165) is 12.5 Å². The van der Waals surface area contributed by atoms with E-state index < -0.39 is 0 Å². The van der Waals surface area contributed by atoms with Crippen LogP contribution in [-0.2, 0) is 0 Å². The Bertz CT molecular complexity index is 328. The van der Waals surface area contributed by atoms with Gasteiger partial charge in [0.25, 0.3) is 0 Å². The summed E-state index contributed by atoms with van der Waals surface area (Å²) in [5.74, 6) is 1.03. The van der Waals surface area contributed by atoms with Crippen molar-refractivity contribution < 1.29 is 0 Å². The van der Waals surface area contributed by atoms with Crippen LogP contribution in [0.2, 0.25) is 0 Å². The van der Waals surface area contributed by atoms with E-state index in [0.29, 0.717) is 6.04 Å².